The Kier molecular flexibility index (Phi) is 12.2. The summed E-state index contributed by atoms with van der Waals surface area (Å²) in [6.45, 7) is 4.55. The SMILES string of the molecule is CCOCCCOc1cc2ncnc(Oc3ccc(NC(=O)Nc4ccc(Br)c(C(F)(F)F)c4)cc3)c2cc1OCCCOC. The third-order valence-corrected chi connectivity index (χ3v) is 6.86. The standard InChI is InChI=1S/C31H32BrF3N4O6/c1-3-42-13-5-15-44-28-18-26-23(17-27(28)43-14-4-12-41-2)29(37-19-36-26)45-22-9-6-20(7-10-22)38-30(40)39-21-8-11-25(32)24(16-21)31(33,34)35/h6-11,16-19H,3-5,12-15H2,1-2H3,(H2,38,39,40). The third kappa shape index (κ3) is 9.93. The molecule has 0 spiro atoms. The summed E-state index contributed by atoms with van der Waals surface area (Å²) in [7, 11) is 1.63. The number of hydrogen-bond donors (Lipinski definition) is 2. The van der Waals surface area contributed by atoms with Crippen molar-refractivity contribution < 1.29 is 41.7 Å². The van der Waals surface area contributed by atoms with Crippen LogP contribution in [0, 0.1) is 0 Å². The van der Waals surface area contributed by atoms with E-state index in [9.17, 15) is 18.0 Å². The monoisotopic (exact) mass is 692 g/mol. The zero-order valence-electron chi connectivity index (χ0n) is 24.6. The van der Waals surface area contributed by atoms with E-state index in [0.717, 1.165) is 6.07 Å². The number of amides is 2. The molecule has 3 aromatic carbocycles. The average molecular weight is 694 g/mol. The maximum absolute atomic E-state index is 13.2. The zero-order chi connectivity index (χ0) is 32.2. The second-order valence-corrected chi connectivity index (χ2v) is 10.3. The van der Waals surface area contributed by atoms with Crippen molar-refractivity contribution >= 4 is 44.2 Å². The molecule has 0 aliphatic rings. The highest BCUT2D eigenvalue weighted by atomic mass is 79.9. The lowest BCUT2D eigenvalue weighted by Crippen LogP contribution is -2.19. The molecule has 2 N–H and O–H groups in total. The molecule has 4 aromatic rings. The zero-order valence-corrected chi connectivity index (χ0v) is 26.2. The summed E-state index contributed by atoms with van der Waals surface area (Å²) in [6, 6.07) is 12.6. The topological polar surface area (TPSA) is 113 Å². The van der Waals surface area contributed by atoms with Gasteiger partial charge in [0.25, 0.3) is 0 Å². The van der Waals surface area contributed by atoms with Crippen LogP contribution in [0.15, 0.2) is 65.4 Å². The van der Waals surface area contributed by atoms with Crippen molar-refractivity contribution in [3.63, 3.8) is 0 Å². The number of carbonyl (C=O) groups is 1. The molecule has 0 aliphatic carbocycles. The molecule has 4 rings (SSSR count). The summed E-state index contributed by atoms with van der Waals surface area (Å²) < 4.78 is 68.0. The summed E-state index contributed by atoms with van der Waals surface area (Å²) >= 11 is 2.88. The first-order valence-corrected chi connectivity index (χ1v) is 14.8. The van der Waals surface area contributed by atoms with Crippen LogP contribution in [0.4, 0.5) is 29.3 Å². The first kappa shape index (κ1) is 33.7. The number of ether oxygens (including phenoxy) is 5. The molecule has 14 heteroatoms. The molecule has 0 bridgehead atoms. The van der Waals surface area contributed by atoms with Gasteiger partial charge in [0.1, 0.15) is 12.1 Å². The van der Waals surface area contributed by atoms with Gasteiger partial charge in [-0.1, -0.05) is 15.9 Å². The maximum atomic E-state index is 13.2. The Balaban J connectivity index is 1.45. The van der Waals surface area contributed by atoms with Crippen molar-refractivity contribution in [2.45, 2.75) is 25.9 Å². The number of anilines is 2. The maximum Gasteiger partial charge on any atom is 0.417 e. The van der Waals surface area contributed by atoms with Crippen LogP contribution in [0.5, 0.6) is 23.1 Å². The van der Waals surface area contributed by atoms with E-state index in [-0.39, 0.29) is 16.0 Å². The average Bonchev–Trinajstić information content (AvgIpc) is 3.01. The number of hydrogen-bond acceptors (Lipinski definition) is 8. The van der Waals surface area contributed by atoms with Gasteiger partial charge < -0.3 is 34.3 Å². The normalized spacial score (nSPS) is 11.3. The fourth-order valence-corrected chi connectivity index (χ4v) is 4.52. The second kappa shape index (κ2) is 16.3. The number of aromatic nitrogens is 2. The van der Waals surface area contributed by atoms with Gasteiger partial charge in [-0.15, -0.1) is 0 Å². The predicted octanol–water partition coefficient (Wildman–Crippen LogP) is 8.07. The number of methoxy groups -OCH3 is 1. The number of fused-ring (bicyclic) bond motifs is 1. The third-order valence-electron chi connectivity index (χ3n) is 6.17. The first-order valence-electron chi connectivity index (χ1n) is 14.0. The highest BCUT2D eigenvalue weighted by Gasteiger charge is 2.33. The highest BCUT2D eigenvalue weighted by Crippen LogP contribution is 2.38. The lowest BCUT2D eigenvalue weighted by atomic mass is 10.2. The molecule has 0 radical (unpaired) electrons. The predicted molar refractivity (Wildman–Crippen MR) is 166 cm³/mol. The van der Waals surface area contributed by atoms with Gasteiger partial charge in [-0.05, 0) is 55.5 Å². The van der Waals surface area contributed by atoms with Crippen molar-refractivity contribution in [2.24, 2.45) is 0 Å². The van der Waals surface area contributed by atoms with Gasteiger partial charge in [0.05, 0.1) is 29.7 Å². The van der Waals surface area contributed by atoms with Crippen LogP contribution in [0.1, 0.15) is 25.3 Å². The fourth-order valence-electron chi connectivity index (χ4n) is 4.05. The van der Waals surface area contributed by atoms with Crippen LogP contribution in [0.2, 0.25) is 0 Å². The number of benzene rings is 3. The Morgan fingerprint density at radius 1 is 0.867 bits per heavy atom. The molecule has 0 aliphatic heterocycles. The van der Waals surface area contributed by atoms with E-state index < -0.39 is 17.8 Å². The van der Waals surface area contributed by atoms with Gasteiger partial charge in [-0.25, -0.2) is 14.8 Å². The van der Waals surface area contributed by atoms with Gasteiger partial charge in [0, 0.05) is 61.7 Å². The minimum atomic E-state index is -4.57. The van der Waals surface area contributed by atoms with Crippen LogP contribution in [0.3, 0.4) is 0 Å². The Bertz CT molecular complexity index is 1570. The van der Waals surface area contributed by atoms with Gasteiger partial charge in [-0.2, -0.15) is 13.2 Å². The van der Waals surface area contributed by atoms with Gasteiger partial charge >= 0.3 is 12.2 Å². The van der Waals surface area contributed by atoms with Crippen LogP contribution < -0.4 is 24.8 Å². The Morgan fingerprint density at radius 2 is 1.53 bits per heavy atom. The molecule has 240 valence electrons. The lowest BCUT2D eigenvalue weighted by Gasteiger charge is -2.15. The number of nitrogens with one attached hydrogen (secondary N) is 2. The van der Waals surface area contributed by atoms with Crippen molar-refractivity contribution in [1.82, 2.24) is 9.97 Å². The summed E-state index contributed by atoms with van der Waals surface area (Å²) in [5.74, 6) is 1.74. The van der Waals surface area contributed by atoms with E-state index in [1.54, 1.807) is 43.5 Å². The molecule has 2 amide bonds. The fraction of sp³-hybridized carbons (Fsp3) is 0.323. The molecule has 0 unspecified atom stereocenters. The van der Waals surface area contributed by atoms with Crippen LogP contribution >= 0.6 is 15.9 Å². The van der Waals surface area contributed by atoms with Gasteiger partial charge in [0.2, 0.25) is 5.88 Å². The Hall–Kier alpha value is -4.14. The number of carbonyl (C=O) groups excluding carboxylic acids is 1. The van der Waals surface area contributed by atoms with E-state index in [1.807, 2.05) is 6.92 Å². The Morgan fingerprint density at radius 3 is 2.22 bits per heavy atom. The number of urea groups is 1. The van der Waals surface area contributed by atoms with Crippen LogP contribution in [0.25, 0.3) is 10.9 Å². The van der Waals surface area contributed by atoms with Gasteiger partial charge in [0.15, 0.2) is 11.5 Å². The van der Waals surface area contributed by atoms with Crippen molar-refractivity contribution in [3.8, 4) is 23.1 Å². The number of alkyl halides is 3. The van der Waals surface area contributed by atoms with E-state index >= 15 is 0 Å². The lowest BCUT2D eigenvalue weighted by molar-refractivity contribution is -0.138. The van der Waals surface area contributed by atoms with E-state index in [2.05, 4.69) is 36.5 Å². The van der Waals surface area contributed by atoms with Crippen LogP contribution in [-0.2, 0) is 15.7 Å². The Labute approximate surface area is 266 Å². The second-order valence-electron chi connectivity index (χ2n) is 9.49. The summed E-state index contributed by atoms with van der Waals surface area (Å²) in [5.41, 5.74) is 0.0591. The summed E-state index contributed by atoms with van der Waals surface area (Å²) in [5, 5.41) is 5.58. The largest absolute Gasteiger partial charge is 0.490 e. The number of nitrogens with zero attached hydrogens (tertiary/aromatic N) is 2. The molecule has 1 aromatic heterocycles. The number of halogens is 4. The van der Waals surface area contributed by atoms with E-state index in [4.69, 9.17) is 23.7 Å². The van der Waals surface area contributed by atoms with E-state index in [1.165, 1.54) is 18.5 Å². The first-order chi connectivity index (χ1) is 21.7. The summed E-state index contributed by atoms with van der Waals surface area (Å²) in [4.78, 5) is 21.1. The summed E-state index contributed by atoms with van der Waals surface area (Å²) in [6.07, 6.45) is -1.80. The molecular weight excluding hydrogens is 661 g/mol. The molecule has 0 saturated heterocycles. The molecule has 0 fully saturated rings. The minimum absolute atomic E-state index is 0.0141. The molecule has 10 nitrogen and oxygen atoms in total. The van der Waals surface area contributed by atoms with Gasteiger partial charge in [-0.3, -0.25) is 0 Å². The molecule has 45 heavy (non-hydrogen) atoms. The van der Waals surface area contributed by atoms with E-state index in [0.29, 0.717) is 79.7 Å². The van der Waals surface area contributed by atoms with Crippen molar-refractivity contribution in [2.75, 3.05) is 50.8 Å². The number of rotatable bonds is 15. The molecular formula is C31H32BrF3N4O6. The van der Waals surface area contributed by atoms with Crippen molar-refractivity contribution in [3.05, 3.63) is 71.0 Å². The molecule has 0 saturated carbocycles. The quantitative estimate of drug-likeness (QED) is 0.120. The van der Waals surface area contributed by atoms with Crippen LogP contribution in [-0.4, -0.2) is 56.1 Å². The molecule has 0 atom stereocenters. The highest BCUT2D eigenvalue weighted by molar-refractivity contribution is 9.10. The van der Waals surface area contributed by atoms with Crippen molar-refractivity contribution in [1.29, 1.82) is 0 Å². The smallest absolute Gasteiger partial charge is 0.417 e. The minimum Gasteiger partial charge on any atom is -0.490 e. The molecule has 1 heterocycles.